The predicted octanol–water partition coefficient (Wildman–Crippen LogP) is 7.76. The maximum atomic E-state index is 11.8. The van der Waals surface area contributed by atoms with Crippen LogP contribution in [0.15, 0.2) is 65.5 Å². The molecule has 0 spiro atoms. The summed E-state index contributed by atoms with van der Waals surface area (Å²) < 4.78 is 10.9. The van der Waals surface area contributed by atoms with Gasteiger partial charge in [-0.05, 0) is 113 Å². The number of anilines is 2. The number of halogens is 1. The van der Waals surface area contributed by atoms with Crippen LogP contribution >= 0.6 is 27.3 Å². The first-order valence-electron chi connectivity index (χ1n) is 22.8. The minimum atomic E-state index is -0.938. The number of fused-ring (bicyclic) bond motifs is 1. The van der Waals surface area contributed by atoms with E-state index in [1.807, 2.05) is 0 Å². The van der Waals surface area contributed by atoms with E-state index in [0.717, 1.165) is 64.8 Å². The van der Waals surface area contributed by atoms with Crippen molar-refractivity contribution in [2.75, 3.05) is 43.4 Å². The number of nitrogens with zero attached hydrogens (tertiary/aromatic N) is 7. The van der Waals surface area contributed by atoms with Crippen LogP contribution in [0.5, 0.6) is 0 Å². The van der Waals surface area contributed by atoms with E-state index in [9.17, 15) is 29.7 Å². The van der Waals surface area contributed by atoms with Crippen LogP contribution in [0.2, 0.25) is 0 Å². The number of nitrogens with two attached hydrogens (primary N) is 2. The number of pyridine rings is 4. The number of thiophene rings is 1. The molecule has 0 aromatic carbocycles. The van der Waals surface area contributed by atoms with Crippen molar-refractivity contribution >= 4 is 78.5 Å². The number of ether oxygens (including phenoxy) is 2. The van der Waals surface area contributed by atoms with Crippen molar-refractivity contribution in [3.05, 3.63) is 116 Å². The number of aryl methyl sites for hydroxylation is 1. The van der Waals surface area contributed by atoms with E-state index in [-0.39, 0.29) is 19.1 Å². The van der Waals surface area contributed by atoms with Crippen LogP contribution in [0, 0.1) is 13.1 Å². The molecule has 20 nitrogen and oxygen atoms in total. The van der Waals surface area contributed by atoms with Crippen molar-refractivity contribution in [1.29, 1.82) is 0 Å². The minimum absolute atomic E-state index is 0.000716. The highest BCUT2D eigenvalue weighted by Gasteiger charge is 2.25. The summed E-state index contributed by atoms with van der Waals surface area (Å²) in [5, 5.41) is 39.3. The monoisotopic (exact) mass is 1060 g/mol. The Morgan fingerprint density at radius 1 is 0.817 bits per heavy atom. The number of nitrogen functional groups attached to an aromatic ring is 1. The van der Waals surface area contributed by atoms with Crippen molar-refractivity contribution < 1.29 is 39.2 Å². The molecular weight excluding hydrogens is 997 g/mol. The SMILES string of the molecule is CC(C)(C)OC(=O)NCC(O)c1ccc(Br)cn1.[C-]#[N+]c1ccc(C(O)CNC(=O)OC(C)(C)C)nc1.[C-]#[N+]c1ccc(C(O)CNC2CCN(c3cc(CCC)c4c(N)c(C(N)=O)sc4n3)CC2)nc1. The molecule has 5 aromatic heterocycles. The van der Waals surface area contributed by atoms with Gasteiger partial charge in [-0.1, -0.05) is 25.5 Å². The van der Waals surface area contributed by atoms with Crippen molar-refractivity contribution in [2.24, 2.45) is 5.73 Å². The third-order valence-electron chi connectivity index (χ3n) is 10.2. The smallest absolute Gasteiger partial charge is 0.407 e. The van der Waals surface area contributed by atoms with Gasteiger partial charge in [0, 0.05) is 54.1 Å². The Hall–Kier alpha value is -6.53. The Balaban J connectivity index is 0.000000252. The average Bonchev–Trinajstić information content (AvgIpc) is 3.68. The fourth-order valence-electron chi connectivity index (χ4n) is 6.80. The van der Waals surface area contributed by atoms with Crippen LogP contribution in [0.1, 0.15) is 118 Å². The lowest BCUT2D eigenvalue weighted by atomic mass is 10.0. The first kappa shape index (κ1) is 57.1. The largest absolute Gasteiger partial charge is 0.444 e. The Morgan fingerprint density at radius 2 is 1.30 bits per heavy atom. The van der Waals surface area contributed by atoms with Crippen molar-refractivity contribution in [3.63, 3.8) is 0 Å². The zero-order valence-electron chi connectivity index (χ0n) is 40.9. The number of carbonyl (C=O) groups excluding carboxylic acids is 3. The third kappa shape index (κ3) is 18.6. The number of hydrogen-bond donors (Lipinski definition) is 8. The number of piperidine rings is 1. The van der Waals surface area contributed by atoms with E-state index in [2.05, 4.69) is 74.4 Å². The lowest BCUT2D eigenvalue weighted by Crippen LogP contribution is -2.44. The van der Waals surface area contributed by atoms with E-state index in [1.54, 1.807) is 84.1 Å². The summed E-state index contributed by atoms with van der Waals surface area (Å²) >= 11 is 4.52. The molecule has 0 radical (unpaired) electrons. The Morgan fingerprint density at radius 3 is 1.70 bits per heavy atom. The number of alkyl carbamates (subject to hydrolysis) is 2. The van der Waals surface area contributed by atoms with Gasteiger partial charge in [0.2, 0.25) is 11.4 Å². The normalized spacial score (nSPS) is 14.0. The number of rotatable bonds is 14. The van der Waals surface area contributed by atoms with Crippen molar-refractivity contribution in [3.8, 4) is 0 Å². The van der Waals surface area contributed by atoms with Gasteiger partial charge in [-0.3, -0.25) is 19.7 Å². The molecule has 1 aliphatic heterocycles. The van der Waals surface area contributed by atoms with Gasteiger partial charge in [-0.25, -0.2) is 24.3 Å². The molecule has 1 fully saturated rings. The molecule has 22 heteroatoms. The summed E-state index contributed by atoms with van der Waals surface area (Å²) in [4.78, 5) is 61.5. The number of aliphatic hydroxyl groups is 3. The molecule has 71 heavy (non-hydrogen) atoms. The summed E-state index contributed by atoms with van der Waals surface area (Å²) in [7, 11) is 0. The van der Waals surface area contributed by atoms with Gasteiger partial charge in [-0.15, -0.1) is 11.3 Å². The molecule has 380 valence electrons. The van der Waals surface area contributed by atoms with Gasteiger partial charge < -0.3 is 57.1 Å². The molecule has 3 atom stereocenters. The van der Waals surface area contributed by atoms with Gasteiger partial charge in [0.25, 0.3) is 5.91 Å². The van der Waals surface area contributed by atoms with Gasteiger partial charge in [0.1, 0.15) is 45.0 Å². The zero-order chi connectivity index (χ0) is 52.5. The minimum Gasteiger partial charge on any atom is -0.444 e. The number of aromatic nitrogens is 4. The Bertz CT molecular complexity index is 2620. The first-order chi connectivity index (χ1) is 33.5. The molecule has 1 saturated heterocycles. The lowest BCUT2D eigenvalue weighted by Gasteiger charge is -2.34. The number of carbonyl (C=O) groups is 3. The average molecular weight is 1060 g/mol. The zero-order valence-corrected chi connectivity index (χ0v) is 43.3. The Labute approximate surface area is 426 Å². The first-order valence-corrected chi connectivity index (χ1v) is 24.4. The van der Waals surface area contributed by atoms with E-state index >= 15 is 0 Å². The molecule has 10 N–H and O–H groups in total. The summed E-state index contributed by atoms with van der Waals surface area (Å²) in [6.07, 6.45) is 4.43. The van der Waals surface area contributed by atoms with Gasteiger partial charge in [0.15, 0.2) is 0 Å². The molecule has 3 unspecified atom stereocenters. The molecule has 0 bridgehead atoms. The molecule has 6 heterocycles. The highest BCUT2D eigenvalue weighted by atomic mass is 79.9. The Kier molecular flexibility index (Phi) is 21.4. The van der Waals surface area contributed by atoms with Gasteiger partial charge >= 0.3 is 12.2 Å². The highest BCUT2D eigenvalue weighted by molar-refractivity contribution is 9.10. The molecular formula is C49H63BrN12O8S. The highest BCUT2D eigenvalue weighted by Crippen LogP contribution is 2.37. The van der Waals surface area contributed by atoms with Gasteiger partial charge in [-0.2, -0.15) is 0 Å². The molecule has 3 amide bonds. The molecule has 5 aromatic rings. The second-order valence-corrected chi connectivity index (χ2v) is 20.2. The number of aliphatic hydroxyl groups excluding tert-OH is 3. The number of primary amides is 1. The second-order valence-electron chi connectivity index (χ2n) is 18.3. The molecule has 0 aliphatic carbocycles. The summed E-state index contributed by atoms with van der Waals surface area (Å²) in [5.41, 5.74) is 14.5. The topological polar surface area (TPSA) is 282 Å². The van der Waals surface area contributed by atoms with Crippen LogP contribution in [0.3, 0.4) is 0 Å². The van der Waals surface area contributed by atoms with Crippen molar-refractivity contribution in [1.82, 2.24) is 35.9 Å². The standard InChI is InChI=1S/C24H29N7O2S.C13H17N3O3.C12H17BrN2O3/c1-3-4-14-11-19(30-24-20(14)21(25)22(34-24)23(26)33)31-9-7-15(8-10-31)28-13-18(32)17-6-5-16(27-2)12-29-17;1-13(2,3)19-12(18)16-8-11(17)10-6-5-9(14-4)7-15-10;1-12(2,3)18-11(17)15-7-10(16)9-5-4-8(13)6-14-9/h5-6,11-12,15,18,28,32H,3-4,7-10,13,25H2,1H3,(H2,26,33);5-7,11,17H,8H2,1-3H3,(H,16,18);4-6,10,16H,7H2,1-3H3,(H,15,17). The van der Waals surface area contributed by atoms with Crippen LogP contribution in [0.25, 0.3) is 19.9 Å². The fraction of sp³-hybridized carbons (Fsp3) is 0.449. The maximum Gasteiger partial charge on any atom is 0.407 e. The van der Waals surface area contributed by atoms with Gasteiger partial charge in [0.05, 0.1) is 49.0 Å². The summed E-state index contributed by atoms with van der Waals surface area (Å²) in [6, 6.07) is 12.3. The molecule has 6 rings (SSSR count). The number of hydrogen-bond acceptors (Lipinski definition) is 16. The van der Waals surface area contributed by atoms with Crippen molar-refractivity contribution in [2.45, 2.75) is 110 Å². The quantitative estimate of drug-likeness (QED) is 0.0493. The predicted molar refractivity (Wildman–Crippen MR) is 276 cm³/mol. The number of amides is 3. The number of nitrogens with one attached hydrogen (secondary N) is 3. The molecule has 0 saturated carbocycles. The van der Waals surface area contributed by atoms with E-state index in [1.165, 1.54) is 23.7 Å². The second kappa shape index (κ2) is 26.6. The summed E-state index contributed by atoms with van der Waals surface area (Å²) in [5.74, 6) is 0.381. The van der Waals surface area contributed by atoms with E-state index in [4.69, 9.17) is 39.1 Å². The summed E-state index contributed by atoms with van der Waals surface area (Å²) in [6.45, 7) is 28.6. The fourth-order valence-corrected chi connectivity index (χ4v) is 8.02. The van der Waals surface area contributed by atoms with E-state index < -0.39 is 47.6 Å². The van der Waals surface area contributed by atoms with Crippen LogP contribution in [-0.4, -0.2) is 103 Å². The van der Waals surface area contributed by atoms with Crippen LogP contribution in [-0.2, 0) is 15.9 Å². The van der Waals surface area contributed by atoms with E-state index in [0.29, 0.717) is 45.6 Å². The van der Waals surface area contributed by atoms with Crippen LogP contribution in [0.4, 0.5) is 32.5 Å². The lowest BCUT2D eigenvalue weighted by molar-refractivity contribution is 0.0481. The third-order valence-corrected chi connectivity index (χ3v) is 11.8. The van der Waals surface area contributed by atoms with Crippen LogP contribution < -0.4 is 32.3 Å². The maximum absolute atomic E-state index is 11.8. The molecule has 1 aliphatic rings.